The summed E-state index contributed by atoms with van der Waals surface area (Å²) >= 11 is 0. The smallest absolute Gasteiger partial charge is 0.220 e. The quantitative estimate of drug-likeness (QED) is 0.852. The molecule has 2 nitrogen and oxygen atoms in total. The van der Waals surface area contributed by atoms with Crippen molar-refractivity contribution < 1.29 is 4.79 Å². The molecule has 2 aromatic carbocycles. The molecule has 114 valence electrons. The van der Waals surface area contributed by atoms with Crippen molar-refractivity contribution in [2.24, 2.45) is 11.8 Å². The largest absolute Gasteiger partial charge is 0.349 e. The summed E-state index contributed by atoms with van der Waals surface area (Å²) in [4.78, 5) is 12.3. The van der Waals surface area contributed by atoms with E-state index in [1.165, 1.54) is 17.5 Å². The summed E-state index contributed by atoms with van der Waals surface area (Å²) in [5.74, 6) is 1.44. The van der Waals surface area contributed by atoms with Crippen LogP contribution in [0.2, 0.25) is 0 Å². The Kier molecular flexibility index (Phi) is 4.57. The summed E-state index contributed by atoms with van der Waals surface area (Å²) in [6, 6.07) is 20.7. The first-order chi connectivity index (χ1) is 10.7. The fourth-order valence-corrected chi connectivity index (χ4v) is 3.06. The first-order valence-electron chi connectivity index (χ1n) is 8.12. The molecular formula is C20H23NO. The molecule has 0 bridgehead atoms. The van der Waals surface area contributed by atoms with Crippen molar-refractivity contribution in [3.63, 3.8) is 0 Å². The predicted octanol–water partition coefficient (Wildman–Crippen LogP) is 4.13. The third-order valence-electron chi connectivity index (χ3n) is 4.56. The van der Waals surface area contributed by atoms with Gasteiger partial charge in [0, 0.05) is 6.42 Å². The average molecular weight is 293 g/mol. The lowest BCUT2D eigenvalue weighted by atomic mass is 10.0. The van der Waals surface area contributed by atoms with Gasteiger partial charge in [-0.25, -0.2) is 0 Å². The molecule has 1 aliphatic rings. The maximum Gasteiger partial charge on any atom is 0.220 e. The van der Waals surface area contributed by atoms with Gasteiger partial charge >= 0.3 is 0 Å². The van der Waals surface area contributed by atoms with Crippen LogP contribution in [0, 0.1) is 11.8 Å². The standard InChI is InChI=1S/C20H23NO/c1-15-14-18(15)20(17-10-6-3-7-11-17)21-19(22)13-12-16-8-4-2-5-9-16/h2-11,15,18,20H,12-14H2,1H3,(H,21,22). The van der Waals surface area contributed by atoms with Crippen LogP contribution >= 0.6 is 0 Å². The Morgan fingerprint density at radius 3 is 2.27 bits per heavy atom. The molecule has 2 aromatic rings. The molecule has 0 aliphatic heterocycles. The van der Waals surface area contributed by atoms with Crippen molar-refractivity contribution in [2.75, 3.05) is 0 Å². The average Bonchev–Trinajstić information content (AvgIpc) is 3.29. The fourth-order valence-electron chi connectivity index (χ4n) is 3.06. The topological polar surface area (TPSA) is 29.1 Å². The Bertz CT molecular complexity index is 608. The minimum Gasteiger partial charge on any atom is -0.349 e. The van der Waals surface area contributed by atoms with Gasteiger partial charge in [0.2, 0.25) is 5.91 Å². The van der Waals surface area contributed by atoms with E-state index >= 15 is 0 Å². The highest BCUT2D eigenvalue weighted by atomic mass is 16.1. The number of hydrogen-bond donors (Lipinski definition) is 1. The molecule has 0 spiro atoms. The lowest BCUT2D eigenvalue weighted by Gasteiger charge is -2.19. The molecule has 1 fully saturated rings. The summed E-state index contributed by atoms with van der Waals surface area (Å²) in [5.41, 5.74) is 2.44. The number of amides is 1. The van der Waals surface area contributed by atoms with Crippen molar-refractivity contribution >= 4 is 5.91 Å². The Hall–Kier alpha value is -2.09. The number of carbonyl (C=O) groups is 1. The summed E-state index contributed by atoms with van der Waals surface area (Å²) in [6.07, 6.45) is 2.56. The molecule has 1 aliphatic carbocycles. The third kappa shape index (κ3) is 3.76. The highest BCUT2D eigenvalue weighted by Gasteiger charge is 2.40. The lowest BCUT2D eigenvalue weighted by molar-refractivity contribution is -0.122. The number of nitrogens with one attached hydrogen (secondary N) is 1. The Balaban J connectivity index is 1.60. The third-order valence-corrected chi connectivity index (χ3v) is 4.56. The van der Waals surface area contributed by atoms with Crippen molar-refractivity contribution in [1.29, 1.82) is 0 Å². The fraction of sp³-hybridized carbons (Fsp3) is 0.350. The van der Waals surface area contributed by atoms with E-state index in [-0.39, 0.29) is 11.9 Å². The Labute approximate surface area is 132 Å². The van der Waals surface area contributed by atoms with Gasteiger partial charge in [-0.1, -0.05) is 67.6 Å². The van der Waals surface area contributed by atoms with E-state index in [1.54, 1.807) is 0 Å². The Morgan fingerprint density at radius 2 is 1.68 bits per heavy atom. The number of benzene rings is 2. The van der Waals surface area contributed by atoms with Crippen LogP contribution in [0.3, 0.4) is 0 Å². The van der Waals surface area contributed by atoms with Crippen molar-refractivity contribution in [3.8, 4) is 0 Å². The van der Waals surface area contributed by atoms with Gasteiger partial charge in [0.05, 0.1) is 6.04 Å². The van der Waals surface area contributed by atoms with Gasteiger partial charge in [0.1, 0.15) is 0 Å². The monoisotopic (exact) mass is 293 g/mol. The molecule has 1 N–H and O–H groups in total. The van der Waals surface area contributed by atoms with Gasteiger partial charge < -0.3 is 5.32 Å². The minimum absolute atomic E-state index is 0.150. The van der Waals surface area contributed by atoms with Crippen molar-refractivity contribution in [2.45, 2.75) is 32.2 Å². The maximum atomic E-state index is 12.3. The summed E-state index contributed by atoms with van der Waals surface area (Å²) < 4.78 is 0. The van der Waals surface area contributed by atoms with Gasteiger partial charge in [-0.05, 0) is 35.8 Å². The predicted molar refractivity (Wildman–Crippen MR) is 89.4 cm³/mol. The zero-order chi connectivity index (χ0) is 15.4. The van der Waals surface area contributed by atoms with Crippen LogP contribution in [0.5, 0.6) is 0 Å². The van der Waals surface area contributed by atoms with Crippen molar-refractivity contribution in [3.05, 3.63) is 71.8 Å². The number of carbonyl (C=O) groups excluding carboxylic acids is 1. The molecule has 3 unspecified atom stereocenters. The molecule has 0 radical (unpaired) electrons. The maximum absolute atomic E-state index is 12.3. The summed E-state index contributed by atoms with van der Waals surface area (Å²) in [6.45, 7) is 2.26. The molecule has 3 rings (SSSR count). The van der Waals surface area contributed by atoms with Crippen molar-refractivity contribution in [1.82, 2.24) is 5.32 Å². The van der Waals surface area contributed by atoms with E-state index in [9.17, 15) is 4.79 Å². The van der Waals surface area contributed by atoms with E-state index in [0.717, 1.165) is 6.42 Å². The highest BCUT2D eigenvalue weighted by Crippen LogP contribution is 2.46. The van der Waals surface area contributed by atoms with E-state index in [1.807, 2.05) is 36.4 Å². The van der Waals surface area contributed by atoms with Gasteiger partial charge in [-0.3, -0.25) is 4.79 Å². The van der Waals surface area contributed by atoms with Crippen LogP contribution in [0.15, 0.2) is 60.7 Å². The summed E-state index contributed by atoms with van der Waals surface area (Å²) in [5, 5.41) is 3.26. The summed E-state index contributed by atoms with van der Waals surface area (Å²) in [7, 11) is 0. The molecule has 0 heterocycles. The molecule has 1 saturated carbocycles. The van der Waals surface area contributed by atoms with Gasteiger partial charge in [0.25, 0.3) is 0 Å². The van der Waals surface area contributed by atoms with Gasteiger partial charge in [-0.2, -0.15) is 0 Å². The number of rotatable bonds is 6. The zero-order valence-corrected chi connectivity index (χ0v) is 13.0. The van der Waals surface area contributed by atoms with E-state index < -0.39 is 0 Å². The molecular weight excluding hydrogens is 270 g/mol. The van der Waals surface area contributed by atoms with Crippen LogP contribution in [0.4, 0.5) is 0 Å². The minimum atomic E-state index is 0.150. The highest BCUT2D eigenvalue weighted by molar-refractivity contribution is 5.76. The van der Waals surface area contributed by atoms with Crippen LogP contribution in [-0.2, 0) is 11.2 Å². The van der Waals surface area contributed by atoms with Crippen LogP contribution in [0.1, 0.15) is 36.9 Å². The van der Waals surface area contributed by atoms with E-state index in [0.29, 0.717) is 18.3 Å². The molecule has 22 heavy (non-hydrogen) atoms. The van der Waals surface area contributed by atoms with Crippen LogP contribution in [-0.4, -0.2) is 5.91 Å². The van der Waals surface area contributed by atoms with E-state index in [4.69, 9.17) is 0 Å². The van der Waals surface area contributed by atoms with Gasteiger partial charge in [0.15, 0.2) is 0 Å². The molecule has 0 aromatic heterocycles. The second-order valence-electron chi connectivity index (χ2n) is 6.32. The van der Waals surface area contributed by atoms with Gasteiger partial charge in [-0.15, -0.1) is 0 Å². The Morgan fingerprint density at radius 1 is 1.09 bits per heavy atom. The van der Waals surface area contributed by atoms with E-state index in [2.05, 4.69) is 36.5 Å². The normalized spacial score (nSPS) is 21.1. The number of aryl methyl sites for hydroxylation is 1. The second kappa shape index (κ2) is 6.78. The first kappa shape index (κ1) is 14.8. The van der Waals surface area contributed by atoms with Crippen LogP contribution < -0.4 is 5.32 Å². The molecule has 2 heteroatoms. The first-order valence-corrected chi connectivity index (χ1v) is 8.12. The molecule has 1 amide bonds. The SMILES string of the molecule is CC1CC1C(NC(=O)CCc1ccccc1)c1ccccc1. The van der Waals surface area contributed by atoms with Crippen LogP contribution in [0.25, 0.3) is 0 Å². The second-order valence-corrected chi connectivity index (χ2v) is 6.32. The number of hydrogen-bond acceptors (Lipinski definition) is 1. The lowest BCUT2D eigenvalue weighted by Crippen LogP contribution is -2.30. The molecule has 0 saturated heterocycles. The molecule has 3 atom stereocenters. The zero-order valence-electron chi connectivity index (χ0n) is 13.0.